The van der Waals surface area contributed by atoms with Crippen LogP contribution in [-0.2, 0) is 6.54 Å². The van der Waals surface area contributed by atoms with Crippen LogP contribution in [0.5, 0.6) is 0 Å². The topological polar surface area (TPSA) is 29.3 Å². The summed E-state index contributed by atoms with van der Waals surface area (Å²) < 4.78 is 25.6. The molecule has 1 aromatic rings. The van der Waals surface area contributed by atoms with Gasteiger partial charge in [0.05, 0.1) is 0 Å². The van der Waals surface area contributed by atoms with Crippen LogP contribution >= 0.6 is 0 Å². The molecule has 1 fully saturated rings. The van der Waals surface area contributed by atoms with E-state index in [4.69, 9.17) is 5.73 Å². The maximum Gasteiger partial charge on any atom is 0.159 e. The van der Waals surface area contributed by atoms with Crippen LogP contribution in [-0.4, -0.2) is 24.0 Å². The van der Waals surface area contributed by atoms with Gasteiger partial charge in [-0.25, -0.2) is 8.78 Å². The van der Waals surface area contributed by atoms with Gasteiger partial charge in [-0.1, -0.05) is 6.07 Å². The average Bonchev–Trinajstić information content (AvgIpc) is 2.19. The van der Waals surface area contributed by atoms with E-state index in [-0.39, 0.29) is 0 Å². The minimum absolute atomic E-state index is 0.401. The third-order valence-electron chi connectivity index (χ3n) is 2.91. The Balaban J connectivity index is 2.02. The Morgan fingerprint density at radius 1 is 1.33 bits per heavy atom. The summed E-state index contributed by atoms with van der Waals surface area (Å²) in [5.74, 6) is -1.57. The van der Waals surface area contributed by atoms with Crippen LogP contribution in [0.1, 0.15) is 12.0 Å². The Labute approximate surface area is 87.7 Å². The highest BCUT2D eigenvalue weighted by Gasteiger charge is 2.26. The van der Waals surface area contributed by atoms with Crippen LogP contribution in [0, 0.1) is 11.6 Å². The zero-order valence-corrected chi connectivity index (χ0v) is 8.42. The summed E-state index contributed by atoms with van der Waals surface area (Å²) in [6, 6.07) is 4.44. The van der Waals surface area contributed by atoms with Crippen molar-refractivity contribution < 1.29 is 8.78 Å². The molecule has 1 atom stereocenters. The lowest BCUT2D eigenvalue weighted by molar-refractivity contribution is 0.0880. The summed E-state index contributed by atoms with van der Waals surface area (Å²) in [4.78, 5) is 2.17. The summed E-state index contributed by atoms with van der Waals surface area (Å²) in [7, 11) is 0. The molecule has 2 nitrogen and oxygen atoms in total. The highest BCUT2D eigenvalue weighted by molar-refractivity contribution is 5.18. The van der Waals surface area contributed by atoms with Crippen molar-refractivity contribution in [3.63, 3.8) is 0 Å². The van der Waals surface area contributed by atoms with E-state index in [1.807, 2.05) is 0 Å². The smallest absolute Gasteiger partial charge is 0.159 e. The molecular weight excluding hydrogens is 198 g/mol. The van der Waals surface area contributed by atoms with Gasteiger partial charge in [0, 0.05) is 25.7 Å². The van der Waals surface area contributed by atoms with Crippen LogP contribution in [0.15, 0.2) is 18.2 Å². The van der Waals surface area contributed by atoms with E-state index in [9.17, 15) is 8.78 Å². The van der Waals surface area contributed by atoms with Crippen molar-refractivity contribution in [3.8, 4) is 0 Å². The maximum atomic E-state index is 12.9. The summed E-state index contributed by atoms with van der Waals surface area (Å²) in [6.07, 6.45) is 1.10. The third-order valence-corrected chi connectivity index (χ3v) is 2.91. The molecule has 1 saturated heterocycles. The van der Waals surface area contributed by atoms with Crippen LogP contribution in [0.3, 0.4) is 0 Å². The second-order valence-corrected chi connectivity index (χ2v) is 3.90. The van der Waals surface area contributed by atoms with Crippen molar-refractivity contribution in [1.29, 1.82) is 0 Å². The molecule has 0 radical (unpaired) electrons. The lowest BCUT2D eigenvalue weighted by Crippen LogP contribution is -2.50. The molecule has 0 bridgehead atoms. The van der Waals surface area contributed by atoms with Crippen LogP contribution in [0.25, 0.3) is 0 Å². The van der Waals surface area contributed by atoms with Gasteiger partial charge in [-0.2, -0.15) is 0 Å². The first-order valence-electron chi connectivity index (χ1n) is 5.08. The molecule has 0 amide bonds. The molecule has 0 aliphatic carbocycles. The number of likely N-dealkylation sites (tertiary alicyclic amines) is 1. The van der Waals surface area contributed by atoms with Gasteiger partial charge in [0.1, 0.15) is 0 Å². The number of benzene rings is 1. The number of hydrogen-bond acceptors (Lipinski definition) is 2. The number of rotatable bonds is 3. The first-order chi connectivity index (χ1) is 7.20. The van der Waals surface area contributed by atoms with E-state index >= 15 is 0 Å². The molecule has 82 valence electrons. The molecule has 2 rings (SSSR count). The predicted octanol–water partition coefficient (Wildman–Crippen LogP) is 1.50. The van der Waals surface area contributed by atoms with Gasteiger partial charge in [-0.3, -0.25) is 4.90 Å². The summed E-state index contributed by atoms with van der Waals surface area (Å²) in [6.45, 7) is 2.27. The van der Waals surface area contributed by atoms with Crippen molar-refractivity contribution >= 4 is 0 Å². The fourth-order valence-electron chi connectivity index (χ4n) is 1.84. The summed E-state index contributed by atoms with van der Waals surface area (Å²) >= 11 is 0. The van der Waals surface area contributed by atoms with Crippen molar-refractivity contribution in [2.24, 2.45) is 5.73 Å². The largest absolute Gasteiger partial charge is 0.329 e. The first kappa shape index (κ1) is 10.5. The number of nitrogens with two attached hydrogens (primary N) is 1. The van der Waals surface area contributed by atoms with E-state index in [2.05, 4.69) is 4.90 Å². The predicted molar refractivity (Wildman–Crippen MR) is 54.2 cm³/mol. The highest BCUT2D eigenvalue weighted by Crippen LogP contribution is 2.20. The molecular formula is C11H14F2N2. The lowest BCUT2D eigenvalue weighted by Gasteiger charge is -2.40. The molecule has 0 aromatic heterocycles. The van der Waals surface area contributed by atoms with Gasteiger partial charge in [0.25, 0.3) is 0 Å². The Hall–Kier alpha value is -1.00. The van der Waals surface area contributed by atoms with Crippen LogP contribution in [0.4, 0.5) is 8.78 Å². The Kier molecular flexibility index (Phi) is 2.98. The maximum absolute atomic E-state index is 12.9. The molecule has 15 heavy (non-hydrogen) atoms. The molecule has 1 unspecified atom stereocenters. The second kappa shape index (κ2) is 4.24. The SMILES string of the molecule is NCC1CCN1Cc1ccc(F)c(F)c1. The van der Waals surface area contributed by atoms with Gasteiger partial charge in [-0.15, -0.1) is 0 Å². The minimum atomic E-state index is -0.794. The van der Waals surface area contributed by atoms with E-state index < -0.39 is 11.6 Å². The molecule has 0 saturated carbocycles. The van der Waals surface area contributed by atoms with Crippen molar-refractivity contribution in [1.82, 2.24) is 4.90 Å². The Morgan fingerprint density at radius 2 is 2.13 bits per heavy atom. The van der Waals surface area contributed by atoms with E-state index in [0.29, 0.717) is 19.1 Å². The normalized spacial score (nSPS) is 21.4. The monoisotopic (exact) mass is 212 g/mol. The van der Waals surface area contributed by atoms with Gasteiger partial charge in [0.15, 0.2) is 11.6 Å². The zero-order valence-electron chi connectivity index (χ0n) is 8.42. The fraction of sp³-hybridized carbons (Fsp3) is 0.455. The fourth-order valence-corrected chi connectivity index (χ4v) is 1.84. The molecule has 2 N–H and O–H groups in total. The van der Waals surface area contributed by atoms with Crippen molar-refractivity contribution in [3.05, 3.63) is 35.4 Å². The van der Waals surface area contributed by atoms with E-state index in [1.165, 1.54) is 12.1 Å². The number of nitrogens with zero attached hydrogens (tertiary/aromatic N) is 1. The zero-order chi connectivity index (χ0) is 10.8. The molecule has 1 aliphatic rings. The van der Waals surface area contributed by atoms with Crippen LogP contribution < -0.4 is 5.73 Å². The average molecular weight is 212 g/mol. The Morgan fingerprint density at radius 3 is 2.67 bits per heavy atom. The molecule has 1 aromatic carbocycles. The van der Waals surface area contributed by atoms with E-state index in [1.54, 1.807) is 6.07 Å². The lowest BCUT2D eigenvalue weighted by atomic mass is 10.0. The molecule has 0 spiro atoms. The quantitative estimate of drug-likeness (QED) is 0.822. The Bertz CT molecular complexity index is 352. The first-order valence-corrected chi connectivity index (χ1v) is 5.08. The number of hydrogen-bond donors (Lipinski definition) is 1. The van der Waals surface area contributed by atoms with E-state index in [0.717, 1.165) is 18.5 Å². The summed E-state index contributed by atoms with van der Waals surface area (Å²) in [5, 5.41) is 0. The van der Waals surface area contributed by atoms with Crippen molar-refractivity contribution in [2.75, 3.05) is 13.1 Å². The van der Waals surface area contributed by atoms with Gasteiger partial charge in [-0.05, 0) is 24.1 Å². The standard InChI is InChI=1S/C11H14F2N2/c12-10-2-1-8(5-11(10)13)7-15-4-3-9(15)6-14/h1-2,5,9H,3-4,6-7,14H2. The molecule has 1 aliphatic heterocycles. The molecule has 1 heterocycles. The van der Waals surface area contributed by atoms with Crippen LogP contribution in [0.2, 0.25) is 0 Å². The van der Waals surface area contributed by atoms with Crippen molar-refractivity contribution in [2.45, 2.75) is 19.0 Å². The highest BCUT2D eigenvalue weighted by atomic mass is 19.2. The van der Waals surface area contributed by atoms with Gasteiger partial charge in [0.2, 0.25) is 0 Å². The number of halogens is 2. The second-order valence-electron chi connectivity index (χ2n) is 3.90. The van der Waals surface area contributed by atoms with Gasteiger partial charge >= 0.3 is 0 Å². The van der Waals surface area contributed by atoms with Gasteiger partial charge < -0.3 is 5.73 Å². The summed E-state index contributed by atoms with van der Waals surface area (Å²) in [5.41, 5.74) is 6.35. The minimum Gasteiger partial charge on any atom is -0.329 e. The third kappa shape index (κ3) is 2.16. The molecule has 4 heteroatoms.